The Bertz CT molecular complexity index is 3400. The monoisotopic (exact) mass is 733 g/mol. The summed E-state index contributed by atoms with van der Waals surface area (Å²) in [5.74, 6) is 0. The first kappa shape index (κ1) is 31.6. The number of rotatable bonds is 4. The highest BCUT2D eigenvalue weighted by Crippen LogP contribution is 2.51. The molecular weight excluding hydrogens is 699 g/mol. The standard InChI is InChI=1S/C53H35NOS/c1-53(2)45-14-8-7-13-41(45)43-30-38(22-25-46(43)53)54(37-20-17-33(18-21-37)36-16-15-32-9-3-4-11-35(32)29-36)39-23-27-48-44(31-39)51-49(56-48)28-26-47-50(51)42-24-19-34-10-5-6-12-40(34)52(42)55-47/h3-31H,1-2H3. The van der Waals surface area contributed by atoms with Crippen molar-refractivity contribution in [1.82, 2.24) is 0 Å². The SMILES string of the molecule is CC1(C)c2ccccc2-c2cc(N(c3ccc(-c4ccc5ccccc5c4)cc3)c3ccc4sc5ccc6oc7c8ccccc8ccc7c6c5c4c3)ccc21. The molecule has 0 fully saturated rings. The third-order valence-corrected chi connectivity index (χ3v) is 13.4. The first-order valence-corrected chi connectivity index (χ1v) is 20.1. The molecule has 0 bridgehead atoms. The summed E-state index contributed by atoms with van der Waals surface area (Å²) in [6.45, 7) is 4.69. The fourth-order valence-electron chi connectivity index (χ4n) is 9.46. The van der Waals surface area contributed by atoms with Gasteiger partial charge in [0.05, 0.1) is 0 Å². The lowest BCUT2D eigenvalue weighted by Gasteiger charge is -2.27. The highest BCUT2D eigenvalue weighted by atomic mass is 32.1. The molecule has 0 amide bonds. The predicted octanol–water partition coefficient (Wildman–Crippen LogP) is 15.7. The molecule has 0 unspecified atom stereocenters. The molecule has 1 aliphatic rings. The topological polar surface area (TPSA) is 16.4 Å². The van der Waals surface area contributed by atoms with E-state index in [1.807, 2.05) is 11.3 Å². The van der Waals surface area contributed by atoms with Crippen LogP contribution in [0.15, 0.2) is 180 Å². The van der Waals surface area contributed by atoms with Crippen LogP contribution in [0.25, 0.3) is 85.9 Å². The quantitative estimate of drug-likeness (QED) is 0.179. The zero-order valence-electron chi connectivity index (χ0n) is 31.0. The lowest BCUT2D eigenvalue weighted by molar-refractivity contribution is 0.660. The van der Waals surface area contributed by atoms with Crippen LogP contribution in [-0.2, 0) is 5.41 Å². The molecule has 12 rings (SSSR count). The van der Waals surface area contributed by atoms with Gasteiger partial charge in [0.1, 0.15) is 11.2 Å². The third kappa shape index (κ3) is 4.55. The molecule has 2 aromatic heterocycles. The Morgan fingerprint density at radius 3 is 2.02 bits per heavy atom. The number of anilines is 3. The molecule has 0 N–H and O–H groups in total. The van der Waals surface area contributed by atoms with Gasteiger partial charge in [-0.2, -0.15) is 0 Å². The molecule has 56 heavy (non-hydrogen) atoms. The fraction of sp³-hybridized carbons (Fsp3) is 0.0566. The van der Waals surface area contributed by atoms with Crippen molar-refractivity contribution in [2.24, 2.45) is 0 Å². The van der Waals surface area contributed by atoms with Gasteiger partial charge in [-0.1, -0.05) is 123 Å². The largest absolute Gasteiger partial charge is 0.455 e. The molecule has 1 aliphatic carbocycles. The molecule has 264 valence electrons. The van der Waals surface area contributed by atoms with Crippen molar-refractivity contribution in [1.29, 1.82) is 0 Å². The minimum atomic E-state index is -0.0602. The Kier molecular flexibility index (Phi) is 6.59. The summed E-state index contributed by atoms with van der Waals surface area (Å²) in [5, 5.41) is 9.70. The molecule has 2 nitrogen and oxygen atoms in total. The Morgan fingerprint density at radius 1 is 0.446 bits per heavy atom. The molecule has 9 aromatic carbocycles. The van der Waals surface area contributed by atoms with E-state index in [1.165, 1.54) is 75.1 Å². The van der Waals surface area contributed by atoms with Crippen molar-refractivity contribution in [3.63, 3.8) is 0 Å². The van der Waals surface area contributed by atoms with Gasteiger partial charge < -0.3 is 9.32 Å². The van der Waals surface area contributed by atoms with E-state index in [1.54, 1.807) is 0 Å². The number of nitrogens with zero attached hydrogens (tertiary/aromatic N) is 1. The van der Waals surface area contributed by atoms with Gasteiger partial charge in [0.25, 0.3) is 0 Å². The minimum Gasteiger partial charge on any atom is -0.455 e. The smallest absolute Gasteiger partial charge is 0.143 e. The molecule has 0 saturated carbocycles. The van der Waals surface area contributed by atoms with Crippen molar-refractivity contribution >= 4 is 92.1 Å². The molecule has 0 atom stereocenters. The van der Waals surface area contributed by atoms with Crippen LogP contribution >= 0.6 is 11.3 Å². The highest BCUT2D eigenvalue weighted by Gasteiger charge is 2.35. The summed E-state index contributed by atoms with van der Waals surface area (Å²) in [5.41, 5.74) is 13.0. The van der Waals surface area contributed by atoms with Crippen LogP contribution in [-0.4, -0.2) is 0 Å². The summed E-state index contributed by atoms with van der Waals surface area (Å²) in [4.78, 5) is 2.43. The normalized spacial score (nSPS) is 13.3. The van der Waals surface area contributed by atoms with E-state index in [-0.39, 0.29) is 5.41 Å². The molecule has 0 spiro atoms. The van der Waals surface area contributed by atoms with E-state index in [9.17, 15) is 0 Å². The maximum atomic E-state index is 6.66. The Hall–Kier alpha value is -6.68. The molecule has 0 saturated heterocycles. The fourth-order valence-corrected chi connectivity index (χ4v) is 10.5. The molecule has 0 radical (unpaired) electrons. The van der Waals surface area contributed by atoms with E-state index < -0.39 is 0 Å². The zero-order valence-corrected chi connectivity index (χ0v) is 31.8. The lowest BCUT2D eigenvalue weighted by Crippen LogP contribution is -2.15. The number of hydrogen-bond acceptors (Lipinski definition) is 3. The van der Waals surface area contributed by atoms with Gasteiger partial charge in [-0.15, -0.1) is 11.3 Å². The summed E-state index contributed by atoms with van der Waals surface area (Å²) >= 11 is 1.85. The van der Waals surface area contributed by atoms with Gasteiger partial charge in [-0.25, -0.2) is 0 Å². The number of benzene rings is 9. The van der Waals surface area contributed by atoms with E-state index in [4.69, 9.17) is 4.42 Å². The summed E-state index contributed by atoms with van der Waals surface area (Å²) in [6, 6.07) is 64.7. The molecule has 2 heterocycles. The first-order chi connectivity index (χ1) is 27.5. The minimum absolute atomic E-state index is 0.0602. The van der Waals surface area contributed by atoms with Crippen molar-refractivity contribution in [2.45, 2.75) is 19.3 Å². The van der Waals surface area contributed by atoms with Gasteiger partial charge in [-0.05, 0) is 116 Å². The Morgan fingerprint density at radius 2 is 1.12 bits per heavy atom. The van der Waals surface area contributed by atoms with Crippen LogP contribution in [0.1, 0.15) is 25.0 Å². The van der Waals surface area contributed by atoms with Crippen molar-refractivity contribution < 1.29 is 4.42 Å². The van der Waals surface area contributed by atoms with Crippen molar-refractivity contribution in [3.8, 4) is 22.3 Å². The molecule has 11 aromatic rings. The van der Waals surface area contributed by atoms with Crippen molar-refractivity contribution in [3.05, 3.63) is 187 Å². The Balaban J connectivity index is 1.07. The second-order valence-electron chi connectivity index (χ2n) is 15.7. The summed E-state index contributed by atoms with van der Waals surface area (Å²) in [6.07, 6.45) is 0. The van der Waals surface area contributed by atoms with Gasteiger partial charge in [0.2, 0.25) is 0 Å². The average molecular weight is 734 g/mol. The number of thiophene rings is 1. The van der Waals surface area contributed by atoms with Gasteiger partial charge in [-0.3, -0.25) is 0 Å². The zero-order chi connectivity index (χ0) is 37.1. The predicted molar refractivity (Wildman–Crippen MR) is 239 cm³/mol. The third-order valence-electron chi connectivity index (χ3n) is 12.2. The van der Waals surface area contributed by atoms with Gasteiger partial charge >= 0.3 is 0 Å². The second-order valence-corrected chi connectivity index (χ2v) is 16.8. The van der Waals surface area contributed by atoms with Crippen molar-refractivity contribution in [2.75, 3.05) is 4.90 Å². The van der Waals surface area contributed by atoms with E-state index in [0.717, 1.165) is 39.0 Å². The van der Waals surface area contributed by atoms with Crippen LogP contribution in [0.5, 0.6) is 0 Å². The first-order valence-electron chi connectivity index (χ1n) is 19.3. The molecule has 3 heteroatoms. The number of hydrogen-bond donors (Lipinski definition) is 0. The summed E-state index contributed by atoms with van der Waals surface area (Å²) in [7, 11) is 0. The van der Waals surface area contributed by atoms with Crippen LogP contribution in [0, 0.1) is 0 Å². The van der Waals surface area contributed by atoms with Gasteiger partial charge in [0.15, 0.2) is 0 Å². The van der Waals surface area contributed by atoms with Crippen LogP contribution in [0.2, 0.25) is 0 Å². The maximum Gasteiger partial charge on any atom is 0.143 e. The maximum absolute atomic E-state index is 6.66. The summed E-state index contributed by atoms with van der Waals surface area (Å²) < 4.78 is 9.20. The van der Waals surface area contributed by atoms with Gasteiger partial charge in [0, 0.05) is 58.8 Å². The van der Waals surface area contributed by atoms with Crippen LogP contribution in [0.3, 0.4) is 0 Å². The van der Waals surface area contributed by atoms with E-state index in [0.29, 0.717) is 0 Å². The highest BCUT2D eigenvalue weighted by molar-refractivity contribution is 7.26. The molecular formula is C53H35NOS. The Labute approximate surface area is 328 Å². The number of furan rings is 1. The van der Waals surface area contributed by atoms with E-state index in [2.05, 4.69) is 195 Å². The van der Waals surface area contributed by atoms with Crippen LogP contribution in [0.4, 0.5) is 17.1 Å². The average Bonchev–Trinajstić information content (AvgIpc) is 3.88. The molecule has 0 aliphatic heterocycles. The lowest BCUT2D eigenvalue weighted by atomic mass is 9.82. The second kappa shape index (κ2) is 11.7. The van der Waals surface area contributed by atoms with Crippen LogP contribution < -0.4 is 4.90 Å². The van der Waals surface area contributed by atoms with E-state index >= 15 is 0 Å². The number of fused-ring (bicyclic) bond motifs is 13.